The molecule has 3 heterocycles. The molecular weight excluding hydrogens is 338 g/mol. The van der Waals surface area contributed by atoms with Gasteiger partial charge in [-0.25, -0.2) is 14.8 Å². The number of urea groups is 1. The molecule has 1 aromatic carbocycles. The Labute approximate surface area is 160 Å². The molecule has 2 aliphatic rings. The molecule has 1 saturated heterocycles. The van der Waals surface area contributed by atoms with Crippen LogP contribution < -0.4 is 10.2 Å². The van der Waals surface area contributed by atoms with Gasteiger partial charge < -0.3 is 15.1 Å². The van der Waals surface area contributed by atoms with Gasteiger partial charge in [-0.2, -0.15) is 0 Å². The topological polar surface area (TPSA) is 61.4 Å². The number of amides is 2. The summed E-state index contributed by atoms with van der Waals surface area (Å²) in [4.78, 5) is 26.4. The molecule has 6 heteroatoms. The zero-order chi connectivity index (χ0) is 18.8. The van der Waals surface area contributed by atoms with Gasteiger partial charge in [0.25, 0.3) is 0 Å². The van der Waals surface area contributed by atoms with Crippen molar-refractivity contribution in [2.24, 2.45) is 0 Å². The smallest absolute Gasteiger partial charge is 0.322 e. The summed E-state index contributed by atoms with van der Waals surface area (Å²) in [7, 11) is 0. The zero-order valence-electron chi connectivity index (χ0n) is 16.2. The molecule has 0 radical (unpaired) electrons. The summed E-state index contributed by atoms with van der Waals surface area (Å²) in [5.74, 6) is 1.85. The van der Waals surface area contributed by atoms with Crippen molar-refractivity contribution < 1.29 is 4.79 Å². The second kappa shape index (κ2) is 7.55. The van der Waals surface area contributed by atoms with E-state index in [1.165, 1.54) is 18.4 Å². The molecule has 27 heavy (non-hydrogen) atoms. The third-order valence-electron chi connectivity index (χ3n) is 5.46. The predicted octanol–water partition coefficient (Wildman–Crippen LogP) is 3.54. The monoisotopic (exact) mass is 365 g/mol. The number of hydrogen-bond acceptors (Lipinski definition) is 4. The fourth-order valence-electron chi connectivity index (χ4n) is 3.91. The Morgan fingerprint density at radius 2 is 1.85 bits per heavy atom. The first kappa shape index (κ1) is 17.8. The Bertz CT molecular complexity index is 827. The molecule has 0 bridgehead atoms. The van der Waals surface area contributed by atoms with Crippen molar-refractivity contribution in [2.75, 3.05) is 29.9 Å². The van der Waals surface area contributed by atoms with Crippen molar-refractivity contribution in [2.45, 2.75) is 46.1 Å². The van der Waals surface area contributed by atoms with E-state index in [9.17, 15) is 4.79 Å². The van der Waals surface area contributed by atoms with Gasteiger partial charge in [-0.15, -0.1) is 0 Å². The summed E-state index contributed by atoms with van der Waals surface area (Å²) < 4.78 is 0. The average Bonchev–Trinajstić information content (AvgIpc) is 3.22. The Kier molecular flexibility index (Phi) is 4.97. The molecule has 1 N–H and O–H groups in total. The molecule has 0 unspecified atom stereocenters. The van der Waals surface area contributed by atoms with Gasteiger partial charge in [0.05, 0.1) is 12.2 Å². The zero-order valence-corrected chi connectivity index (χ0v) is 16.2. The van der Waals surface area contributed by atoms with E-state index in [0.717, 1.165) is 54.5 Å². The second-order valence-corrected chi connectivity index (χ2v) is 7.37. The van der Waals surface area contributed by atoms with Crippen LogP contribution in [0, 0.1) is 6.92 Å². The van der Waals surface area contributed by atoms with Gasteiger partial charge in [0.2, 0.25) is 0 Å². The summed E-state index contributed by atoms with van der Waals surface area (Å²) in [5, 5.41) is 3.03. The van der Waals surface area contributed by atoms with Crippen LogP contribution in [-0.2, 0) is 19.4 Å². The molecule has 0 saturated carbocycles. The van der Waals surface area contributed by atoms with Crippen LogP contribution in [0.2, 0.25) is 0 Å². The van der Waals surface area contributed by atoms with Crippen molar-refractivity contribution in [1.29, 1.82) is 0 Å². The van der Waals surface area contributed by atoms with Crippen LogP contribution in [0.15, 0.2) is 24.3 Å². The molecule has 6 nitrogen and oxygen atoms in total. The lowest BCUT2D eigenvalue weighted by molar-refractivity contribution is 0.206. The van der Waals surface area contributed by atoms with Crippen LogP contribution in [0.4, 0.5) is 16.3 Å². The van der Waals surface area contributed by atoms with Gasteiger partial charge in [0, 0.05) is 37.3 Å². The Hall–Kier alpha value is -2.63. The summed E-state index contributed by atoms with van der Waals surface area (Å²) in [5.41, 5.74) is 4.32. The van der Waals surface area contributed by atoms with E-state index in [2.05, 4.69) is 34.3 Å². The Morgan fingerprint density at radius 1 is 1.11 bits per heavy atom. The lowest BCUT2D eigenvalue weighted by atomic mass is 10.1. The summed E-state index contributed by atoms with van der Waals surface area (Å²) in [6.07, 6.45) is 4.18. The number of rotatable bonds is 3. The van der Waals surface area contributed by atoms with E-state index in [0.29, 0.717) is 13.1 Å². The van der Waals surface area contributed by atoms with Crippen LogP contribution in [0.25, 0.3) is 0 Å². The van der Waals surface area contributed by atoms with Crippen molar-refractivity contribution in [3.05, 3.63) is 46.9 Å². The Balaban J connectivity index is 1.52. The van der Waals surface area contributed by atoms with Gasteiger partial charge in [-0.1, -0.05) is 19.1 Å². The third-order valence-corrected chi connectivity index (χ3v) is 5.46. The van der Waals surface area contributed by atoms with Crippen LogP contribution in [-0.4, -0.2) is 40.5 Å². The minimum absolute atomic E-state index is 0.0576. The molecule has 1 aromatic heterocycles. The maximum Gasteiger partial charge on any atom is 0.322 e. The fraction of sp³-hybridized carbons (Fsp3) is 0.476. The fourth-order valence-corrected chi connectivity index (χ4v) is 3.91. The van der Waals surface area contributed by atoms with E-state index in [4.69, 9.17) is 4.98 Å². The van der Waals surface area contributed by atoms with Crippen LogP contribution >= 0.6 is 0 Å². The van der Waals surface area contributed by atoms with Crippen molar-refractivity contribution in [1.82, 2.24) is 14.9 Å². The predicted molar refractivity (Wildman–Crippen MR) is 107 cm³/mol. The number of carbonyl (C=O) groups excluding carboxylic acids is 1. The standard InChI is InChI=1S/C21H27N5O/c1-3-16-6-8-17(9-7-16)24-21(27)26-13-10-19-18(14-26)20(23-15(2)22-19)25-11-4-5-12-25/h6-9H,3-5,10-14H2,1-2H3,(H,24,27). The lowest BCUT2D eigenvalue weighted by Crippen LogP contribution is -2.40. The molecular formula is C21H27N5O. The second-order valence-electron chi connectivity index (χ2n) is 7.37. The molecule has 0 aliphatic carbocycles. The molecule has 0 spiro atoms. The van der Waals surface area contributed by atoms with E-state index in [-0.39, 0.29) is 6.03 Å². The van der Waals surface area contributed by atoms with Crippen LogP contribution in [0.1, 0.15) is 42.4 Å². The highest BCUT2D eigenvalue weighted by molar-refractivity contribution is 5.89. The number of nitrogens with zero attached hydrogens (tertiary/aromatic N) is 4. The number of nitrogens with one attached hydrogen (secondary N) is 1. The average molecular weight is 365 g/mol. The van der Waals surface area contributed by atoms with Crippen molar-refractivity contribution in [3.8, 4) is 0 Å². The number of anilines is 2. The van der Waals surface area contributed by atoms with Crippen LogP contribution in [0.3, 0.4) is 0 Å². The van der Waals surface area contributed by atoms with E-state index < -0.39 is 0 Å². The summed E-state index contributed by atoms with van der Waals surface area (Å²) in [6, 6.07) is 8.00. The summed E-state index contributed by atoms with van der Waals surface area (Å²) >= 11 is 0. The first-order valence-corrected chi connectivity index (χ1v) is 9.90. The van der Waals surface area contributed by atoms with Gasteiger partial charge in [0.1, 0.15) is 11.6 Å². The molecule has 4 rings (SSSR count). The number of fused-ring (bicyclic) bond motifs is 1. The number of aryl methyl sites for hydroxylation is 2. The SMILES string of the molecule is CCc1ccc(NC(=O)N2CCc3nc(C)nc(N4CCCC4)c3C2)cc1. The third kappa shape index (κ3) is 3.75. The highest BCUT2D eigenvalue weighted by atomic mass is 16.2. The number of carbonyl (C=O) groups is 1. The summed E-state index contributed by atoms with van der Waals surface area (Å²) in [6.45, 7) is 7.42. The molecule has 2 aliphatic heterocycles. The first-order valence-electron chi connectivity index (χ1n) is 9.90. The first-order chi connectivity index (χ1) is 13.1. The maximum absolute atomic E-state index is 12.8. The van der Waals surface area contributed by atoms with Crippen molar-refractivity contribution >= 4 is 17.5 Å². The molecule has 2 amide bonds. The minimum Gasteiger partial charge on any atom is -0.356 e. The maximum atomic E-state index is 12.8. The molecule has 142 valence electrons. The minimum atomic E-state index is -0.0576. The lowest BCUT2D eigenvalue weighted by Gasteiger charge is -2.31. The quantitative estimate of drug-likeness (QED) is 0.904. The van der Waals surface area contributed by atoms with E-state index in [1.54, 1.807) is 0 Å². The van der Waals surface area contributed by atoms with E-state index in [1.807, 2.05) is 24.0 Å². The van der Waals surface area contributed by atoms with Gasteiger partial charge in [-0.3, -0.25) is 0 Å². The number of hydrogen-bond donors (Lipinski definition) is 1. The number of benzene rings is 1. The van der Waals surface area contributed by atoms with E-state index >= 15 is 0 Å². The van der Waals surface area contributed by atoms with Gasteiger partial charge in [-0.05, 0) is 43.9 Å². The van der Waals surface area contributed by atoms with Crippen LogP contribution in [0.5, 0.6) is 0 Å². The molecule has 0 atom stereocenters. The Morgan fingerprint density at radius 3 is 2.56 bits per heavy atom. The van der Waals surface area contributed by atoms with Crippen molar-refractivity contribution in [3.63, 3.8) is 0 Å². The largest absolute Gasteiger partial charge is 0.356 e. The molecule has 1 fully saturated rings. The molecule has 2 aromatic rings. The van der Waals surface area contributed by atoms with Gasteiger partial charge >= 0.3 is 6.03 Å². The highest BCUT2D eigenvalue weighted by Crippen LogP contribution is 2.29. The normalized spacial score (nSPS) is 16.4. The number of aromatic nitrogens is 2. The highest BCUT2D eigenvalue weighted by Gasteiger charge is 2.28. The van der Waals surface area contributed by atoms with Gasteiger partial charge in [0.15, 0.2) is 0 Å².